The highest BCUT2D eigenvalue weighted by molar-refractivity contribution is 5.95. The third-order valence-corrected chi connectivity index (χ3v) is 2.64. The highest BCUT2D eigenvalue weighted by atomic mass is 16.2. The Morgan fingerprint density at radius 2 is 2.11 bits per heavy atom. The Kier molecular flexibility index (Phi) is 4.25. The summed E-state index contributed by atoms with van der Waals surface area (Å²) in [5, 5.41) is 5.52. The van der Waals surface area contributed by atoms with Gasteiger partial charge in [-0.05, 0) is 26.0 Å². The van der Waals surface area contributed by atoms with Gasteiger partial charge in [0.05, 0.1) is 5.41 Å². The minimum absolute atomic E-state index is 0.193. The van der Waals surface area contributed by atoms with Crippen molar-refractivity contribution in [1.82, 2.24) is 10.3 Å². The molecular weight excluding hydrogens is 232 g/mol. The molecule has 0 aliphatic rings. The number of pyridine rings is 1. The fourth-order valence-corrected chi connectivity index (χ4v) is 1.20. The van der Waals surface area contributed by atoms with Crippen molar-refractivity contribution in [1.29, 1.82) is 0 Å². The molecule has 0 aliphatic heterocycles. The number of aromatic nitrogens is 1. The van der Waals surface area contributed by atoms with Crippen molar-refractivity contribution in [3.8, 4) is 0 Å². The highest BCUT2D eigenvalue weighted by Gasteiger charge is 2.25. The van der Waals surface area contributed by atoms with Crippen LogP contribution in [0.5, 0.6) is 0 Å². The first-order valence-electron chi connectivity index (χ1n) is 5.59. The number of nitrogens with one attached hydrogen (secondary N) is 2. The van der Waals surface area contributed by atoms with E-state index in [4.69, 9.17) is 5.73 Å². The van der Waals surface area contributed by atoms with Gasteiger partial charge in [-0.2, -0.15) is 0 Å². The number of primary amides is 1. The quantitative estimate of drug-likeness (QED) is 0.703. The van der Waals surface area contributed by atoms with Gasteiger partial charge < -0.3 is 16.4 Å². The molecule has 0 saturated heterocycles. The van der Waals surface area contributed by atoms with Gasteiger partial charge in [0.2, 0.25) is 5.91 Å². The molecule has 0 radical (unpaired) electrons. The molecule has 98 valence electrons. The minimum atomic E-state index is -0.769. The number of nitrogens with zero attached hydrogens (tertiary/aromatic N) is 1. The monoisotopic (exact) mass is 250 g/mol. The molecular formula is C12H18N4O2. The summed E-state index contributed by atoms with van der Waals surface area (Å²) in [6, 6.07) is 3.24. The zero-order valence-corrected chi connectivity index (χ0v) is 10.8. The van der Waals surface area contributed by atoms with Gasteiger partial charge in [-0.1, -0.05) is 0 Å². The zero-order chi connectivity index (χ0) is 13.8. The van der Waals surface area contributed by atoms with Crippen molar-refractivity contribution in [2.24, 2.45) is 11.1 Å². The van der Waals surface area contributed by atoms with Crippen molar-refractivity contribution in [3.05, 3.63) is 23.9 Å². The van der Waals surface area contributed by atoms with E-state index in [0.29, 0.717) is 11.4 Å². The van der Waals surface area contributed by atoms with Gasteiger partial charge in [-0.3, -0.25) is 9.59 Å². The van der Waals surface area contributed by atoms with Crippen LogP contribution < -0.4 is 16.4 Å². The van der Waals surface area contributed by atoms with Crippen LogP contribution in [0, 0.1) is 5.41 Å². The van der Waals surface area contributed by atoms with Gasteiger partial charge in [0.1, 0.15) is 5.82 Å². The highest BCUT2D eigenvalue weighted by Crippen LogP contribution is 2.12. The number of carbonyl (C=O) groups is 2. The summed E-state index contributed by atoms with van der Waals surface area (Å²) in [4.78, 5) is 27.0. The van der Waals surface area contributed by atoms with Crippen LogP contribution in [-0.4, -0.2) is 30.4 Å². The van der Waals surface area contributed by atoms with E-state index in [9.17, 15) is 9.59 Å². The first-order valence-corrected chi connectivity index (χ1v) is 5.59. The lowest BCUT2D eigenvalue weighted by Crippen LogP contribution is -2.42. The summed E-state index contributed by atoms with van der Waals surface area (Å²) < 4.78 is 0. The van der Waals surface area contributed by atoms with Crippen LogP contribution in [0.2, 0.25) is 0 Å². The van der Waals surface area contributed by atoms with E-state index < -0.39 is 11.3 Å². The second kappa shape index (κ2) is 5.48. The fraction of sp³-hybridized carbons (Fsp3) is 0.417. The maximum Gasteiger partial charge on any atom is 0.251 e. The van der Waals surface area contributed by atoms with E-state index in [-0.39, 0.29) is 12.5 Å². The van der Waals surface area contributed by atoms with Crippen molar-refractivity contribution >= 4 is 17.6 Å². The lowest BCUT2D eigenvalue weighted by Gasteiger charge is -2.20. The van der Waals surface area contributed by atoms with Gasteiger partial charge in [0.25, 0.3) is 5.91 Å². The molecule has 0 aromatic carbocycles. The third-order valence-electron chi connectivity index (χ3n) is 2.64. The number of hydrogen-bond acceptors (Lipinski definition) is 4. The van der Waals surface area contributed by atoms with Crippen molar-refractivity contribution in [2.75, 3.05) is 18.9 Å². The van der Waals surface area contributed by atoms with E-state index in [1.807, 2.05) is 0 Å². The summed E-state index contributed by atoms with van der Waals surface area (Å²) >= 11 is 0. The standard InChI is InChI=1S/C12H18N4O2/c1-12(2,11(13)18)7-16-10(17)8-4-5-15-9(6-8)14-3/h4-6H,7H2,1-3H3,(H2,13,18)(H,14,15)(H,16,17). The van der Waals surface area contributed by atoms with Crippen LogP contribution in [0.25, 0.3) is 0 Å². The molecule has 0 unspecified atom stereocenters. The molecule has 1 rings (SSSR count). The van der Waals surface area contributed by atoms with Crippen LogP contribution in [0.15, 0.2) is 18.3 Å². The molecule has 0 atom stereocenters. The second-order valence-corrected chi connectivity index (χ2v) is 4.61. The molecule has 0 bridgehead atoms. The predicted octanol–water partition coefficient (Wildman–Crippen LogP) is 0.365. The van der Waals surface area contributed by atoms with Gasteiger partial charge in [0, 0.05) is 25.4 Å². The predicted molar refractivity (Wildman–Crippen MR) is 69.1 cm³/mol. The topological polar surface area (TPSA) is 97.1 Å². The maximum absolute atomic E-state index is 11.9. The fourth-order valence-electron chi connectivity index (χ4n) is 1.20. The maximum atomic E-state index is 11.9. The number of hydrogen-bond donors (Lipinski definition) is 3. The van der Waals surface area contributed by atoms with E-state index in [1.165, 1.54) is 0 Å². The molecule has 1 heterocycles. The smallest absolute Gasteiger partial charge is 0.251 e. The first-order chi connectivity index (χ1) is 8.36. The molecule has 1 aromatic heterocycles. The lowest BCUT2D eigenvalue weighted by molar-refractivity contribution is -0.125. The Hall–Kier alpha value is -2.11. The van der Waals surface area contributed by atoms with Crippen LogP contribution in [-0.2, 0) is 4.79 Å². The molecule has 1 aromatic rings. The molecule has 0 saturated carbocycles. The van der Waals surface area contributed by atoms with Crippen molar-refractivity contribution < 1.29 is 9.59 Å². The van der Waals surface area contributed by atoms with E-state index in [1.54, 1.807) is 39.2 Å². The average molecular weight is 250 g/mol. The Balaban J connectivity index is 2.68. The summed E-state index contributed by atoms with van der Waals surface area (Å²) in [5.74, 6) is -0.103. The Bertz CT molecular complexity index is 457. The van der Waals surface area contributed by atoms with E-state index in [2.05, 4.69) is 15.6 Å². The Labute approximate surface area is 106 Å². The Morgan fingerprint density at radius 1 is 1.44 bits per heavy atom. The second-order valence-electron chi connectivity index (χ2n) is 4.61. The molecule has 18 heavy (non-hydrogen) atoms. The van der Waals surface area contributed by atoms with Crippen LogP contribution in [0.1, 0.15) is 24.2 Å². The number of anilines is 1. The normalized spacial score (nSPS) is 10.8. The van der Waals surface area contributed by atoms with Crippen LogP contribution in [0.3, 0.4) is 0 Å². The van der Waals surface area contributed by atoms with Gasteiger partial charge in [-0.25, -0.2) is 4.98 Å². The number of carbonyl (C=O) groups excluding carboxylic acids is 2. The third kappa shape index (κ3) is 3.44. The molecule has 6 heteroatoms. The molecule has 0 spiro atoms. The van der Waals surface area contributed by atoms with Crippen molar-refractivity contribution in [2.45, 2.75) is 13.8 Å². The molecule has 2 amide bonds. The summed E-state index contributed by atoms with van der Waals surface area (Å²) in [6.45, 7) is 3.56. The zero-order valence-electron chi connectivity index (χ0n) is 10.8. The molecule has 0 aliphatic carbocycles. The lowest BCUT2D eigenvalue weighted by atomic mass is 9.92. The largest absolute Gasteiger partial charge is 0.373 e. The van der Waals surface area contributed by atoms with E-state index in [0.717, 1.165) is 0 Å². The molecule has 0 fully saturated rings. The average Bonchev–Trinajstić information content (AvgIpc) is 2.36. The number of rotatable bonds is 5. The minimum Gasteiger partial charge on any atom is -0.373 e. The summed E-state index contributed by atoms with van der Waals surface area (Å²) in [6.07, 6.45) is 1.54. The van der Waals surface area contributed by atoms with Crippen LogP contribution in [0.4, 0.5) is 5.82 Å². The number of amides is 2. The van der Waals surface area contributed by atoms with Gasteiger partial charge in [-0.15, -0.1) is 0 Å². The Morgan fingerprint density at radius 3 is 2.67 bits per heavy atom. The SMILES string of the molecule is CNc1cc(C(=O)NCC(C)(C)C(N)=O)ccn1. The van der Waals surface area contributed by atoms with Gasteiger partial charge in [0.15, 0.2) is 0 Å². The number of nitrogens with two attached hydrogens (primary N) is 1. The molecule has 4 N–H and O–H groups in total. The van der Waals surface area contributed by atoms with Crippen molar-refractivity contribution in [3.63, 3.8) is 0 Å². The summed E-state index contributed by atoms with van der Waals surface area (Å²) in [7, 11) is 1.72. The summed E-state index contributed by atoms with van der Waals surface area (Å²) in [5.41, 5.74) is 4.94. The first kappa shape index (κ1) is 14.0. The van der Waals surface area contributed by atoms with Gasteiger partial charge >= 0.3 is 0 Å². The molecule has 6 nitrogen and oxygen atoms in total. The van der Waals surface area contributed by atoms with Crippen LogP contribution >= 0.6 is 0 Å². The van der Waals surface area contributed by atoms with E-state index >= 15 is 0 Å².